The quantitative estimate of drug-likeness (QED) is 0.330. The van der Waals surface area contributed by atoms with Gasteiger partial charge in [-0.1, -0.05) is 38.4 Å². The molecule has 0 spiro atoms. The third-order valence-electron chi connectivity index (χ3n) is 6.64. The number of thiazole rings is 1. The van der Waals surface area contributed by atoms with Gasteiger partial charge in [0.05, 0.1) is 35.5 Å². The van der Waals surface area contributed by atoms with E-state index in [1.54, 1.807) is 19.9 Å². The standard InChI is InChI=1S/C27H34ClFN2O4S2/c1-6-34-24(32)22-13-30-23(37-22)12-27(5)25(33)31(21(16-7-8-16)15-36-26(2,3)4)20(14-35-27)17-9-10-18(28)19(29)11-17/h9-11,13,16,20-21H,6-8,12,14-15H2,1-5H3/t20-,21?,27+/m0/s1. The lowest BCUT2D eigenvalue weighted by Crippen LogP contribution is -2.61. The minimum atomic E-state index is -1.16. The third kappa shape index (κ3) is 6.67. The molecule has 2 aliphatic rings. The van der Waals surface area contributed by atoms with Crippen LogP contribution in [-0.4, -0.2) is 57.1 Å². The van der Waals surface area contributed by atoms with Crippen LogP contribution in [0.2, 0.25) is 5.02 Å². The van der Waals surface area contributed by atoms with Crippen LogP contribution in [0.1, 0.15) is 73.7 Å². The second kappa shape index (κ2) is 11.2. The number of morpholine rings is 1. The second-order valence-electron chi connectivity index (χ2n) is 10.8. The zero-order valence-electron chi connectivity index (χ0n) is 21.9. The van der Waals surface area contributed by atoms with E-state index in [4.69, 9.17) is 21.1 Å². The van der Waals surface area contributed by atoms with Crippen LogP contribution in [0.5, 0.6) is 0 Å². The van der Waals surface area contributed by atoms with Gasteiger partial charge in [0, 0.05) is 23.0 Å². The monoisotopic (exact) mass is 568 g/mol. The Balaban J connectivity index is 1.65. The molecule has 10 heteroatoms. The summed E-state index contributed by atoms with van der Waals surface area (Å²) in [6, 6.07) is 4.29. The van der Waals surface area contributed by atoms with Gasteiger partial charge < -0.3 is 14.4 Å². The number of amides is 1. The molecule has 2 aromatic rings. The first-order chi connectivity index (χ1) is 17.4. The van der Waals surface area contributed by atoms with Gasteiger partial charge >= 0.3 is 5.97 Å². The summed E-state index contributed by atoms with van der Waals surface area (Å²) in [6.45, 7) is 10.5. The van der Waals surface area contributed by atoms with Crippen molar-refractivity contribution in [3.63, 3.8) is 0 Å². The average Bonchev–Trinajstić information content (AvgIpc) is 3.56. The summed E-state index contributed by atoms with van der Waals surface area (Å²) >= 11 is 9.00. The maximum Gasteiger partial charge on any atom is 0.349 e. The number of esters is 1. The van der Waals surface area contributed by atoms with Crippen molar-refractivity contribution in [2.75, 3.05) is 19.0 Å². The van der Waals surface area contributed by atoms with Crippen LogP contribution in [0.4, 0.5) is 4.39 Å². The fraction of sp³-hybridized carbons (Fsp3) is 0.593. The Morgan fingerprint density at radius 2 is 2.14 bits per heavy atom. The van der Waals surface area contributed by atoms with Crippen LogP contribution in [0.15, 0.2) is 24.4 Å². The lowest BCUT2D eigenvalue weighted by molar-refractivity contribution is -0.182. The highest BCUT2D eigenvalue weighted by atomic mass is 35.5. The van der Waals surface area contributed by atoms with Gasteiger partial charge in [-0.15, -0.1) is 11.3 Å². The number of rotatable bonds is 9. The van der Waals surface area contributed by atoms with Crippen molar-refractivity contribution < 1.29 is 23.5 Å². The Bertz CT molecular complexity index is 1150. The van der Waals surface area contributed by atoms with Crippen molar-refractivity contribution in [3.05, 3.63) is 50.7 Å². The molecule has 0 bridgehead atoms. The van der Waals surface area contributed by atoms with E-state index in [0.717, 1.165) is 18.6 Å². The molecule has 0 radical (unpaired) electrons. The molecule has 3 atom stereocenters. The van der Waals surface area contributed by atoms with Crippen LogP contribution in [0, 0.1) is 11.7 Å². The summed E-state index contributed by atoms with van der Waals surface area (Å²) in [4.78, 5) is 33.1. The minimum Gasteiger partial charge on any atom is -0.462 e. The number of halogens is 2. The highest BCUT2D eigenvalue weighted by Gasteiger charge is 2.51. The maximum absolute atomic E-state index is 14.5. The summed E-state index contributed by atoms with van der Waals surface area (Å²) in [7, 11) is 0. The van der Waals surface area contributed by atoms with E-state index in [2.05, 4.69) is 25.8 Å². The molecule has 202 valence electrons. The topological polar surface area (TPSA) is 68.7 Å². The first kappa shape index (κ1) is 28.3. The first-order valence-corrected chi connectivity index (χ1v) is 14.8. The highest BCUT2D eigenvalue weighted by molar-refractivity contribution is 8.00. The van der Waals surface area contributed by atoms with E-state index < -0.39 is 23.4 Å². The number of thioether (sulfide) groups is 1. The number of nitrogens with zero attached hydrogens (tertiary/aromatic N) is 2. The van der Waals surface area contributed by atoms with Crippen molar-refractivity contribution >= 4 is 46.6 Å². The molecule has 1 saturated carbocycles. The van der Waals surface area contributed by atoms with Crippen molar-refractivity contribution in [2.45, 2.75) is 76.3 Å². The fourth-order valence-electron chi connectivity index (χ4n) is 4.54. The van der Waals surface area contributed by atoms with Crippen molar-refractivity contribution in [1.82, 2.24) is 9.88 Å². The Hall–Kier alpha value is -1.68. The van der Waals surface area contributed by atoms with Gasteiger partial charge in [0.25, 0.3) is 5.91 Å². The van der Waals surface area contributed by atoms with Crippen LogP contribution in [-0.2, 0) is 20.7 Å². The summed E-state index contributed by atoms with van der Waals surface area (Å²) < 4.78 is 25.8. The van der Waals surface area contributed by atoms with Crippen molar-refractivity contribution in [1.29, 1.82) is 0 Å². The van der Waals surface area contributed by atoms with Crippen molar-refractivity contribution in [2.24, 2.45) is 5.92 Å². The van der Waals surface area contributed by atoms with E-state index in [1.807, 2.05) is 16.7 Å². The molecule has 1 saturated heterocycles. The van der Waals surface area contributed by atoms with E-state index >= 15 is 0 Å². The predicted molar refractivity (Wildman–Crippen MR) is 146 cm³/mol. The van der Waals surface area contributed by atoms with Crippen molar-refractivity contribution in [3.8, 4) is 0 Å². The average molecular weight is 569 g/mol. The molecule has 1 aliphatic carbocycles. The third-order valence-corrected chi connectivity index (χ3v) is 9.30. The minimum absolute atomic E-state index is 0.00456. The highest BCUT2D eigenvalue weighted by Crippen LogP contribution is 2.45. The molecule has 1 amide bonds. The number of carbonyl (C=O) groups excluding carboxylic acids is 2. The Labute approximate surface area is 231 Å². The fourth-order valence-corrected chi connectivity index (χ4v) is 6.72. The number of benzene rings is 1. The molecule has 37 heavy (non-hydrogen) atoms. The largest absolute Gasteiger partial charge is 0.462 e. The molecule has 4 rings (SSSR count). The van der Waals surface area contributed by atoms with Gasteiger partial charge in [-0.2, -0.15) is 11.8 Å². The van der Waals surface area contributed by atoms with Crippen LogP contribution >= 0.6 is 34.7 Å². The summed E-state index contributed by atoms with van der Waals surface area (Å²) in [5.41, 5.74) is -0.493. The number of carbonyl (C=O) groups is 2. The second-order valence-corrected chi connectivity index (χ2v) is 14.2. The number of hydrogen-bond donors (Lipinski definition) is 0. The molecule has 1 unspecified atom stereocenters. The summed E-state index contributed by atoms with van der Waals surface area (Å²) in [5.74, 6) is 0.106. The van der Waals surface area contributed by atoms with Gasteiger partial charge in [0.2, 0.25) is 0 Å². The molecule has 1 aromatic carbocycles. The molecule has 6 nitrogen and oxygen atoms in total. The van der Waals surface area contributed by atoms with Gasteiger partial charge in [0.15, 0.2) is 5.60 Å². The molecular weight excluding hydrogens is 535 g/mol. The summed E-state index contributed by atoms with van der Waals surface area (Å²) in [6.07, 6.45) is 3.85. The molecule has 1 aliphatic heterocycles. The number of aromatic nitrogens is 1. The first-order valence-electron chi connectivity index (χ1n) is 12.6. The smallest absolute Gasteiger partial charge is 0.349 e. The van der Waals surface area contributed by atoms with E-state index in [-0.39, 0.29) is 41.4 Å². The van der Waals surface area contributed by atoms with Gasteiger partial charge in [-0.3, -0.25) is 4.79 Å². The van der Waals surface area contributed by atoms with E-state index in [9.17, 15) is 14.0 Å². The number of hydrogen-bond acceptors (Lipinski definition) is 7. The molecule has 1 aromatic heterocycles. The van der Waals surface area contributed by atoms with Gasteiger partial charge in [-0.05, 0) is 50.3 Å². The predicted octanol–water partition coefficient (Wildman–Crippen LogP) is 6.32. The molecule has 2 heterocycles. The van der Waals surface area contributed by atoms with E-state index in [0.29, 0.717) is 21.4 Å². The summed E-state index contributed by atoms with van der Waals surface area (Å²) in [5, 5.41) is 0.674. The van der Waals surface area contributed by atoms with Crippen LogP contribution < -0.4 is 0 Å². The lowest BCUT2D eigenvalue weighted by Gasteiger charge is -2.48. The Kier molecular flexibility index (Phi) is 8.58. The number of ether oxygens (including phenoxy) is 2. The van der Waals surface area contributed by atoms with Crippen LogP contribution in [0.3, 0.4) is 0 Å². The molecule has 2 fully saturated rings. The Morgan fingerprint density at radius 3 is 2.76 bits per heavy atom. The zero-order valence-corrected chi connectivity index (χ0v) is 24.3. The normalized spacial score (nSPS) is 23.3. The van der Waals surface area contributed by atoms with Gasteiger partial charge in [-0.25, -0.2) is 14.2 Å². The Morgan fingerprint density at radius 1 is 1.41 bits per heavy atom. The molecule has 0 N–H and O–H groups in total. The van der Waals surface area contributed by atoms with Crippen LogP contribution in [0.25, 0.3) is 0 Å². The van der Waals surface area contributed by atoms with Gasteiger partial charge in [0.1, 0.15) is 10.7 Å². The lowest BCUT2D eigenvalue weighted by atomic mass is 9.92. The maximum atomic E-state index is 14.5. The van der Waals surface area contributed by atoms with E-state index in [1.165, 1.54) is 29.7 Å². The molecular formula is C27H34ClFN2O4S2. The SMILES string of the molecule is CCOC(=O)c1cnc(C[C@@]2(C)OC[C@@H](c3ccc(Cl)c(F)c3)N(C(CSC(C)(C)C)C3CC3)C2=O)s1. The zero-order chi connectivity index (χ0) is 27.0.